The van der Waals surface area contributed by atoms with Crippen molar-refractivity contribution in [1.82, 2.24) is 19.0 Å². The molecule has 0 saturated carbocycles. The van der Waals surface area contributed by atoms with Gasteiger partial charge in [-0.05, 0) is 42.5 Å². The monoisotopic (exact) mass is 656 g/mol. The van der Waals surface area contributed by atoms with E-state index in [-0.39, 0.29) is 6.17 Å². The maximum Gasteiger partial charge on any atom is 0.159 e. The van der Waals surface area contributed by atoms with Crippen molar-refractivity contribution in [2.24, 2.45) is 9.98 Å². The zero-order chi connectivity index (χ0) is 33.9. The molecule has 51 heavy (non-hydrogen) atoms. The number of fused-ring (bicyclic) bond motifs is 6. The van der Waals surface area contributed by atoms with E-state index in [4.69, 9.17) is 15.0 Å². The van der Waals surface area contributed by atoms with Crippen molar-refractivity contribution < 1.29 is 0 Å². The number of benzene rings is 6. The highest BCUT2D eigenvalue weighted by Gasteiger charge is 2.28. The molecule has 0 saturated heterocycles. The molecule has 0 spiro atoms. The third-order valence-corrected chi connectivity index (χ3v) is 10.0. The summed E-state index contributed by atoms with van der Waals surface area (Å²) >= 11 is 0. The smallest absolute Gasteiger partial charge is 0.159 e. The predicted molar refractivity (Wildman–Crippen MR) is 209 cm³/mol. The molecule has 1 atom stereocenters. The van der Waals surface area contributed by atoms with Crippen molar-refractivity contribution in [2.75, 3.05) is 7.05 Å². The van der Waals surface area contributed by atoms with Crippen LogP contribution in [0.2, 0.25) is 0 Å². The van der Waals surface area contributed by atoms with Crippen LogP contribution in [0.3, 0.4) is 0 Å². The van der Waals surface area contributed by atoms with Gasteiger partial charge in [0, 0.05) is 57.2 Å². The average Bonchev–Trinajstić information content (AvgIpc) is 3.70. The summed E-state index contributed by atoms with van der Waals surface area (Å²) in [6.45, 7) is 0. The van der Waals surface area contributed by atoms with Crippen LogP contribution in [0.1, 0.15) is 22.9 Å². The Morgan fingerprint density at radius 1 is 0.471 bits per heavy atom. The summed E-state index contributed by atoms with van der Waals surface area (Å²) in [4.78, 5) is 17.3. The van der Waals surface area contributed by atoms with Crippen molar-refractivity contribution in [3.8, 4) is 11.4 Å². The third-order valence-electron chi connectivity index (χ3n) is 10.0. The van der Waals surface area contributed by atoms with Crippen LogP contribution in [0.15, 0.2) is 180 Å². The lowest BCUT2D eigenvalue weighted by atomic mass is 10.1. The minimum absolute atomic E-state index is 0.333. The number of hydrogen-bond acceptors (Lipinski definition) is 4. The molecule has 1 aliphatic rings. The Balaban J connectivity index is 1.19. The first-order valence-electron chi connectivity index (χ1n) is 17.2. The number of hydrogen-bond donors (Lipinski definition) is 0. The lowest BCUT2D eigenvalue weighted by Gasteiger charge is -2.32. The highest BCUT2D eigenvalue weighted by Crippen LogP contribution is 2.40. The minimum atomic E-state index is -0.333. The van der Waals surface area contributed by atoms with Gasteiger partial charge >= 0.3 is 0 Å². The topological polar surface area (TPSA) is 50.7 Å². The Morgan fingerprint density at radius 3 is 1.67 bits per heavy atom. The van der Waals surface area contributed by atoms with Gasteiger partial charge in [-0.1, -0.05) is 115 Å². The lowest BCUT2D eigenvalue weighted by Crippen LogP contribution is -2.35. The van der Waals surface area contributed by atoms with Crippen LogP contribution in [0.5, 0.6) is 0 Å². The van der Waals surface area contributed by atoms with Crippen molar-refractivity contribution in [1.29, 1.82) is 0 Å². The van der Waals surface area contributed by atoms with E-state index in [1.165, 1.54) is 27.1 Å². The molecule has 6 aromatic carbocycles. The van der Waals surface area contributed by atoms with E-state index in [1.54, 1.807) is 0 Å². The quantitative estimate of drug-likeness (QED) is 0.185. The minimum Gasteiger partial charge on any atom is -0.333 e. The molecule has 10 rings (SSSR count). The van der Waals surface area contributed by atoms with E-state index in [0.717, 1.165) is 50.5 Å². The summed E-state index contributed by atoms with van der Waals surface area (Å²) < 4.78 is 4.73. The molecule has 0 N–H and O–H groups in total. The van der Waals surface area contributed by atoms with E-state index >= 15 is 0 Å². The predicted octanol–water partition coefficient (Wildman–Crippen LogP) is 10.1. The van der Waals surface area contributed by atoms with Crippen LogP contribution in [-0.2, 0) is 0 Å². The van der Waals surface area contributed by atoms with Gasteiger partial charge in [0.1, 0.15) is 5.84 Å². The fourth-order valence-electron chi connectivity index (χ4n) is 7.68. The molecule has 9 aromatic rings. The number of nitrogens with zero attached hydrogens (tertiary/aromatic N) is 6. The highest BCUT2D eigenvalue weighted by molar-refractivity contribution is 6.19. The maximum absolute atomic E-state index is 5.24. The molecule has 1 aliphatic heterocycles. The Morgan fingerprint density at radius 2 is 1.02 bits per heavy atom. The molecule has 6 heteroatoms. The molecule has 4 heterocycles. The summed E-state index contributed by atoms with van der Waals surface area (Å²) in [7, 11) is 2.06. The van der Waals surface area contributed by atoms with Crippen LogP contribution in [0, 0.1) is 0 Å². The highest BCUT2D eigenvalue weighted by atomic mass is 15.3. The van der Waals surface area contributed by atoms with Crippen LogP contribution in [0.4, 0.5) is 0 Å². The Hall–Kier alpha value is -6.79. The second kappa shape index (κ2) is 11.7. The number of para-hydroxylation sites is 3. The second-order valence-electron chi connectivity index (χ2n) is 13.0. The van der Waals surface area contributed by atoms with Crippen molar-refractivity contribution in [2.45, 2.75) is 6.17 Å². The van der Waals surface area contributed by atoms with E-state index in [2.05, 4.69) is 142 Å². The summed E-state index contributed by atoms with van der Waals surface area (Å²) in [5.41, 5.74) is 9.73. The molecular formula is C45H32N6. The fraction of sp³-hybridized carbons (Fsp3) is 0.0444. The van der Waals surface area contributed by atoms with Gasteiger partial charge in [-0.2, -0.15) is 0 Å². The molecule has 0 radical (unpaired) electrons. The van der Waals surface area contributed by atoms with E-state index in [9.17, 15) is 0 Å². The third kappa shape index (κ3) is 4.68. The van der Waals surface area contributed by atoms with E-state index in [1.807, 2.05) is 48.8 Å². The standard InChI is InChI=1S/C45H32N6/c1-49-44(31-17-7-3-8-18-31)47-43(30-15-5-2-6-16-30)48-45(49)32-25-34(29-46-28-32)51-40-24-14-12-22-36(40)38-26-37-35-21-11-13-23-39(35)50(41(37)27-42(38)51)33-19-9-4-10-20-33/h2-29,45H,1H3. The first-order chi connectivity index (χ1) is 25.2. The van der Waals surface area contributed by atoms with Crippen molar-refractivity contribution in [3.05, 3.63) is 187 Å². The van der Waals surface area contributed by atoms with Crippen molar-refractivity contribution in [3.63, 3.8) is 0 Å². The number of pyridine rings is 1. The van der Waals surface area contributed by atoms with Gasteiger partial charge in [0.05, 0.1) is 34.0 Å². The maximum atomic E-state index is 5.24. The normalized spacial score (nSPS) is 14.8. The Kier molecular flexibility index (Phi) is 6.67. The van der Waals surface area contributed by atoms with Gasteiger partial charge in [-0.25, -0.2) is 9.98 Å². The van der Waals surface area contributed by atoms with Crippen LogP contribution in [0.25, 0.3) is 55.0 Å². The van der Waals surface area contributed by atoms with Gasteiger partial charge < -0.3 is 14.0 Å². The molecular weight excluding hydrogens is 625 g/mol. The van der Waals surface area contributed by atoms with Crippen molar-refractivity contribution >= 4 is 55.3 Å². The van der Waals surface area contributed by atoms with Gasteiger partial charge in [0.15, 0.2) is 12.0 Å². The molecule has 0 aliphatic carbocycles. The number of rotatable bonds is 5. The Bertz CT molecular complexity index is 2810. The zero-order valence-electron chi connectivity index (χ0n) is 27.9. The van der Waals surface area contributed by atoms with Gasteiger partial charge in [-0.3, -0.25) is 4.98 Å². The molecule has 3 aromatic heterocycles. The van der Waals surface area contributed by atoms with Gasteiger partial charge in [0.25, 0.3) is 0 Å². The largest absolute Gasteiger partial charge is 0.333 e. The first kappa shape index (κ1) is 29.2. The molecule has 0 bridgehead atoms. The van der Waals surface area contributed by atoms with Crippen LogP contribution >= 0.6 is 0 Å². The van der Waals surface area contributed by atoms with Gasteiger partial charge in [-0.15, -0.1) is 0 Å². The fourth-order valence-corrected chi connectivity index (χ4v) is 7.68. The summed E-state index contributed by atoms with van der Waals surface area (Å²) in [6, 6.07) is 55.5. The van der Waals surface area contributed by atoms with Crippen LogP contribution < -0.4 is 0 Å². The average molecular weight is 657 g/mol. The zero-order valence-corrected chi connectivity index (χ0v) is 27.9. The summed E-state index contributed by atoms with van der Waals surface area (Å²) in [5, 5.41) is 4.88. The van der Waals surface area contributed by atoms with Crippen LogP contribution in [-0.4, -0.2) is 37.7 Å². The molecule has 1 unspecified atom stereocenters. The molecule has 242 valence electrons. The van der Waals surface area contributed by atoms with E-state index < -0.39 is 0 Å². The summed E-state index contributed by atoms with van der Waals surface area (Å²) in [5.74, 6) is 1.57. The number of aromatic nitrogens is 3. The molecule has 0 fully saturated rings. The molecule has 6 nitrogen and oxygen atoms in total. The number of amidine groups is 2. The number of aliphatic imine (C=N–C) groups is 2. The SMILES string of the molecule is CN1C(c2ccccc2)=NC(c2ccccc2)=NC1c1cncc(-n2c3ccccc3c3cc4c5ccccc5n(-c5ccccc5)c4cc32)c1. The second-order valence-corrected chi connectivity index (χ2v) is 13.0. The molecule has 0 amide bonds. The van der Waals surface area contributed by atoms with Gasteiger partial charge in [0.2, 0.25) is 0 Å². The summed E-state index contributed by atoms with van der Waals surface area (Å²) in [6.07, 6.45) is 3.56. The lowest BCUT2D eigenvalue weighted by molar-refractivity contribution is 0.382. The van der Waals surface area contributed by atoms with E-state index in [0.29, 0.717) is 5.84 Å². The Labute approximate surface area is 294 Å². The first-order valence-corrected chi connectivity index (χ1v) is 17.2.